The molecule has 0 aliphatic carbocycles. The molecule has 4 rings (SSSR count). The zero-order valence-corrected chi connectivity index (χ0v) is 15.6. The normalized spacial score (nSPS) is 21.1. The van der Waals surface area contributed by atoms with Crippen molar-refractivity contribution in [1.29, 1.82) is 0 Å². The Balaban J connectivity index is 1.51. The molecule has 2 aliphatic rings. The first-order valence-corrected chi connectivity index (χ1v) is 9.41. The van der Waals surface area contributed by atoms with Gasteiger partial charge in [-0.05, 0) is 30.3 Å². The van der Waals surface area contributed by atoms with Crippen molar-refractivity contribution in [2.45, 2.75) is 37.1 Å². The summed E-state index contributed by atoms with van der Waals surface area (Å²) in [6, 6.07) is 9.96. The Morgan fingerprint density at radius 2 is 1.79 bits per heavy atom. The van der Waals surface area contributed by atoms with Gasteiger partial charge in [0, 0.05) is 43.6 Å². The van der Waals surface area contributed by atoms with Gasteiger partial charge in [-0.15, -0.1) is 0 Å². The van der Waals surface area contributed by atoms with Crippen LogP contribution in [-0.4, -0.2) is 18.7 Å². The van der Waals surface area contributed by atoms with Crippen LogP contribution in [0.15, 0.2) is 47.6 Å². The third-order valence-electron chi connectivity index (χ3n) is 5.60. The molecule has 0 saturated carbocycles. The molecule has 0 bridgehead atoms. The van der Waals surface area contributed by atoms with E-state index < -0.39 is 23.4 Å². The molecule has 1 fully saturated rings. The highest BCUT2D eigenvalue weighted by Crippen LogP contribution is 2.48. The molecule has 28 heavy (non-hydrogen) atoms. The Morgan fingerprint density at radius 1 is 1.11 bits per heavy atom. The fourth-order valence-electron chi connectivity index (χ4n) is 4.05. The van der Waals surface area contributed by atoms with Crippen LogP contribution in [0.2, 0.25) is 5.02 Å². The Kier molecular flexibility index (Phi) is 4.73. The molecule has 1 spiro atoms. The lowest BCUT2D eigenvalue weighted by molar-refractivity contribution is -0.137. The number of ether oxygens (including phenoxy) is 1. The second kappa shape index (κ2) is 6.95. The molecule has 0 aromatic heterocycles. The van der Waals surface area contributed by atoms with Gasteiger partial charge in [-0.2, -0.15) is 18.1 Å². The predicted molar refractivity (Wildman–Crippen MR) is 101 cm³/mol. The largest absolute Gasteiger partial charge is 0.485 e. The van der Waals surface area contributed by atoms with E-state index in [0.717, 1.165) is 17.8 Å². The van der Waals surface area contributed by atoms with Gasteiger partial charge in [0.05, 0.1) is 10.6 Å². The first kappa shape index (κ1) is 19.1. The number of alkyl halides is 3. The zero-order chi connectivity index (χ0) is 19.9. The van der Waals surface area contributed by atoms with Gasteiger partial charge in [0.1, 0.15) is 17.4 Å². The van der Waals surface area contributed by atoms with E-state index in [4.69, 9.17) is 16.3 Å². The van der Waals surface area contributed by atoms with Crippen LogP contribution in [0, 0.1) is 4.91 Å². The molecular weight excluding hydrogens is 393 g/mol. The summed E-state index contributed by atoms with van der Waals surface area (Å²) in [6.07, 6.45) is -2.61. The van der Waals surface area contributed by atoms with Crippen LogP contribution >= 0.6 is 11.6 Å². The molecule has 2 aromatic rings. The van der Waals surface area contributed by atoms with Gasteiger partial charge in [-0.3, -0.25) is 0 Å². The summed E-state index contributed by atoms with van der Waals surface area (Å²) in [5.41, 5.74) is 0.242. The number of anilines is 1. The zero-order valence-electron chi connectivity index (χ0n) is 14.9. The standard InChI is InChI=1S/C20H18ClF3N2O2/c21-16-3-1-2-15-17(25-27)12-19(28-18(15)16)8-10-26(11-9-19)14-6-4-13(5-7-14)20(22,23)24/h1-7,17H,8-12H2. The average molecular weight is 411 g/mol. The van der Waals surface area contributed by atoms with Crippen molar-refractivity contribution in [3.63, 3.8) is 0 Å². The van der Waals surface area contributed by atoms with Gasteiger partial charge in [0.25, 0.3) is 0 Å². The van der Waals surface area contributed by atoms with Gasteiger partial charge in [-0.1, -0.05) is 28.9 Å². The first-order valence-electron chi connectivity index (χ1n) is 9.03. The van der Waals surface area contributed by atoms with Gasteiger partial charge in [0.15, 0.2) is 0 Å². The average Bonchev–Trinajstić information content (AvgIpc) is 2.68. The minimum absolute atomic E-state index is 0.454. The number of fused-ring (bicyclic) bond motifs is 1. The first-order chi connectivity index (χ1) is 13.3. The van der Waals surface area contributed by atoms with Crippen molar-refractivity contribution < 1.29 is 17.9 Å². The molecule has 2 aliphatic heterocycles. The van der Waals surface area contributed by atoms with E-state index >= 15 is 0 Å². The van der Waals surface area contributed by atoms with E-state index in [1.165, 1.54) is 12.1 Å². The van der Waals surface area contributed by atoms with Crippen LogP contribution in [0.1, 0.15) is 36.4 Å². The minimum Gasteiger partial charge on any atom is -0.485 e. The molecule has 1 saturated heterocycles. The number of rotatable bonds is 2. The Bertz CT molecular complexity index is 878. The van der Waals surface area contributed by atoms with Gasteiger partial charge in [0.2, 0.25) is 0 Å². The fourth-order valence-corrected chi connectivity index (χ4v) is 4.27. The maximum atomic E-state index is 12.7. The molecule has 4 nitrogen and oxygen atoms in total. The number of nitrogens with zero attached hydrogens (tertiary/aromatic N) is 2. The summed E-state index contributed by atoms with van der Waals surface area (Å²) in [5, 5.41) is 3.73. The van der Waals surface area contributed by atoms with Gasteiger partial charge < -0.3 is 9.64 Å². The SMILES string of the molecule is O=NC1CC2(CCN(c3ccc(C(F)(F)F)cc3)CC2)Oc2c(Cl)cccc21. The van der Waals surface area contributed by atoms with E-state index in [1.807, 2.05) is 4.90 Å². The molecule has 1 atom stereocenters. The molecule has 2 heterocycles. The van der Waals surface area contributed by atoms with E-state index in [9.17, 15) is 18.1 Å². The molecule has 1 unspecified atom stereocenters. The fraction of sp³-hybridized carbons (Fsp3) is 0.400. The van der Waals surface area contributed by atoms with E-state index in [1.54, 1.807) is 18.2 Å². The molecule has 148 valence electrons. The number of nitroso groups, excluding NO2 is 1. The van der Waals surface area contributed by atoms with Crippen molar-refractivity contribution in [2.75, 3.05) is 18.0 Å². The maximum absolute atomic E-state index is 12.7. The van der Waals surface area contributed by atoms with Crippen molar-refractivity contribution in [2.24, 2.45) is 5.18 Å². The number of benzene rings is 2. The predicted octanol–water partition coefficient (Wildman–Crippen LogP) is 5.99. The highest BCUT2D eigenvalue weighted by molar-refractivity contribution is 6.32. The van der Waals surface area contributed by atoms with Crippen molar-refractivity contribution >= 4 is 17.3 Å². The smallest absolute Gasteiger partial charge is 0.416 e. The van der Waals surface area contributed by atoms with Gasteiger partial charge >= 0.3 is 6.18 Å². The Morgan fingerprint density at radius 3 is 2.39 bits per heavy atom. The lowest BCUT2D eigenvalue weighted by Gasteiger charge is -2.46. The number of para-hydroxylation sites is 1. The second-order valence-corrected chi connectivity index (χ2v) is 7.71. The lowest BCUT2D eigenvalue weighted by Crippen LogP contribution is -2.50. The Labute approximate surface area is 165 Å². The quantitative estimate of drug-likeness (QED) is 0.571. The number of halogens is 4. The Hall–Kier alpha value is -2.28. The van der Waals surface area contributed by atoms with Gasteiger partial charge in [-0.25, -0.2) is 0 Å². The summed E-state index contributed by atoms with van der Waals surface area (Å²) in [7, 11) is 0. The van der Waals surface area contributed by atoms with Crippen LogP contribution in [0.5, 0.6) is 5.75 Å². The number of hydrogen-bond acceptors (Lipinski definition) is 4. The topological polar surface area (TPSA) is 41.9 Å². The van der Waals surface area contributed by atoms with Crippen LogP contribution < -0.4 is 9.64 Å². The van der Waals surface area contributed by atoms with Crippen LogP contribution in [0.25, 0.3) is 0 Å². The third kappa shape index (κ3) is 3.43. The summed E-state index contributed by atoms with van der Waals surface area (Å²) < 4.78 is 44.5. The van der Waals surface area contributed by atoms with Crippen molar-refractivity contribution in [3.05, 3.63) is 63.5 Å². The monoisotopic (exact) mass is 410 g/mol. The number of piperidine rings is 1. The second-order valence-electron chi connectivity index (χ2n) is 7.30. The molecular formula is C20H18ClF3N2O2. The molecule has 2 aromatic carbocycles. The molecule has 0 amide bonds. The van der Waals surface area contributed by atoms with Crippen LogP contribution in [0.4, 0.5) is 18.9 Å². The maximum Gasteiger partial charge on any atom is 0.416 e. The summed E-state index contributed by atoms with van der Waals surface area (Å²) >= 11 is 6.27. The van der Waals surface area contributed by atoms with E-state index in [-0.39, 0.29) is 0 Å². The van der Waals surface area contributed by atoms with Crippen molar-refractivity contribution in [1.82, 2.24) is 0 Å². The third-order valence-corrected chi connectivity index (χ3v) is 5.90. The summed E-state index contributed by atoms with van der Waals surface area (Å²) in [6.45, 7) is 1.22. The lowest BCUT2D eigenvalue weighted by atomic mass is 9.80. The highest BCUT2D eigenvalue weighted by atomic mass is 35.5. The molecule has 0 N–H and O–H groups in total. The summed E-state index contributed by atoms with van der Waals surface area (Å²) in [4.78, 5) is 13.4. The van der Waals surface area contributed by atoms with E-state index in [2.05, 4.69) is 5.18 Å². The molecule has 8 heteroatoms. The highest BCUT2D eigenvalue weighted by Gasteiger charge is 2.44. The van der Waals surface area contributed by atoms with E-state index in [0.29, 0.717) is 48.7 Å². The van der Waals surface area contributed by atoms with Crippen molar-refractivity contribution in [3.8, 4) is 5.75 Å². The summed E-state index contributed by atoms with van der Waals surface area (Å²) in [5.74, 6) is 0.517. The number of hydrogen-bond donors (Lipinski definition) is 0. The van der Waals surface area contributed by atoms with Crippen LogP contribution in [-0.2, 0) is 6.18 Å². The van der Waals surface area contributed by atoms with Crippen LogP contribution in [0.3, 0.4) is 0 Å². The minimum atomic E-state index is -4.34. The molecule has 0 radical (unpaired) electrons.